The van der Waals surface area contributed by atoms with Gasteiger partial charge in [-0.15, -0.1) is 0 Å². The Labute approximate surface area is 95.8 Å². The zero-order valence-corrected chi connectivity index (χ0v) is 9.54. The molecule has 0 aliphatic carbocycles. The van der Waals surface area contributed by atoms with Gasteiger partial charge < -0.3 is 10.6 Å². The monoisotopic (exact) mass is 216 g/mol. The highest BCUT2D eigenvalue weighted by molar-refractivity contribution is 5.34. The van der Waals surface area contributed by atoms with Gasteiger partial charge in [-0.2, -0.15) is 0 Å². The molecule has 2 rings (SSSR count). The van der Waals surface area contributed by atoms with Crippen LogP contribution in [0.25, 0.3) is 0 Å². The van der Waals surface area contributed by atoms with Crippen molar-refractivity contribution < 1.29 is 0 Å². The van der Waals surface area contributed by atoms with E-state index < -0.39 is 0 Å². The zero-order valence-electron chi connectivity index (χ0n) is 9.54. The second-order valence-corrected chi connectivity index (χ2v) is 3.34. The summed E-state index contributed by atoms with van der Waals surface area (Å²) in [6.07, 6.45) is 3.45. The minimum Gasteiger partial charge on any atom is -0.384 e. The number of nitrogens with zero attached hydrogens (tertiary/aromatic N) is 3. The third kappa shape index (κ3) is 4.41. The SMILES string of the molecule is CN(C)c1ccccn1.Nc1ccccn1. The van der Waals surface area contributed by atoms with Crippen molar-refractivity contribution in [3.63, 3.8) is 0 Å². The predicted molar refractivity (Wildman–Crippen MR) is 67.2 cm³/mol. The van der Waals surface area contributed by atoms with Gasteiger partial charge in [0.15, 0.2) is 0 Å². The molecule has 4 nitrogen and oxygen atoms in total. The normalized spacial score (nSPS) is 8.88. The van der Waals surface area contributed by atoms with Crippen molar-refractivity contribution in [1.82, 2.24) is 9.97 Å². The van der Waals surface area contributed by atoms with Gasteiger partial charge in [0.2, 0.25) is 0 Å². The van der Waals surface area contributed by atoms with E-state index in [4.69, 9.17) is 5.73 Å². The van der Waals surface area contributed by atoms with Gasteiger partial charge in [-0.1, -0.05) is 12.1 Å². The first-order chi connectivity index (χ1) is 7.70. The third-order valence-corrected chi connectivity index (χ3v) is 1.80. The Morgan fingerprint density at radius 3 is 1.81 bits per heavy atom. The molecule has 0 atom stereocenters. The Bertz CT molecular complexity index is 386. The molecular formula is C12H16N4. The lowest BCUT2D eigenvalue weighted by molar-refractivity contribution is 1.07. The fraction of sp³-hybridized carbons (Fsp3) is 0.167. The van der Waals surface area contributed by atoms with Crippen LogP contribution in [0.2, 0.25) is 0 Å². The molecule has 2 heterocycles. The predicted octanol–water partition coefficient (Wildman–Crippen LogP) is 1.81. The second kappa shape index (κ2) is 6.40. The zero-order chi connectivity index (χ0) is 11.8. The Morgan fingerprint density at radius 2 is 1.56 bits per heavy atom. The van der Waals surface area contributed by atoms with Crippen LogP contribution in [0.15, 0.2) is 48.8 Å². The number of hydrogen-bond acceptors (Lipinski definition) is 4. The molecule has 0 aliphatic rings. The quantitative estimate of drug-likeness (QED) is 0.790. The average Bonchev–Trinajstić information content (AvgIpc) is 2.32. The van der Waals surface area contributed by atoms with Crippen molar-refractivity contribution in [3.8, 4) is 0 Å². The van der Waals surface area contributed by atoms with Crippen LogP contribution >= 0.6 is 0 Å². The Balaban J connectivity index is 0.000000165. The fourth-order valence-electron chi connectivity index (χ4n) is 0.994. The molecule has 0 bridgehead atoms. The van der Waals surface area contributed by atoms with E-state index in [1.54, 1.807) is 18.5 Å². The first-order valence-corrected chi connectivity index (χ1v) is 4.95. The minimum absolute atomic E-state index is 0.572. The standard InChI is InChI=1S/C7H10N2.C5H6N2/c1-9(2)7-5-3-4-6-8-7;6-5-3-1-2-4-7-5/h3-6H,1-2H3;1-4H,(H2,6,7). The van der Waals surface area contributed by atoms with E-state index in [1.807, 2.05) is 49.3 Å². The first kappa shape index (κ1) is 12.0. The molecule has 0 aliphatic heterocycles. The van der Waals surface area contributed by atoms with Crippen LogP contribution in [0.4, 0.5) is 11.6 Å². The van der Waals surface area contributed by atoms with E-state index in [2.05, 4.69) is 9.97 Å². The Morgan fingerprint density at radius 1 is 0.938 bits per heavy atom. The molecular weight excluding hydrogens is 200 g/mol. The summed E-state index contributed by atoms with van der Waals surface area (Å²) >= 11 is 0. The maximum absolute atomic E-state index is 5.25. The topological polar surface area (TPSA) is 55.0 Å². The first-order valence-electron chi connectivity index (χ1n) is 4.95. The molecule has 0 saturated heterocycles. The van der Waals surface area contributed by atoms with Crippen LogP contribution in [0, 0.1) is 0 Å². The Hall–Kier alpha value is -2.10. The number of nitrogens with two attached hydrogens (primary N) is 1. The van der Waals surface area contributed by atoms with E-state index in [0.717, 1.165) is 5.82 Å². The highest BCUT2D eigenvalue weighted by Gasteiger charge is 1.89. The van der Waals surface area contributed by atoms with Crippen molar-refractivity contribution in [2.75, 3.05) is 24.7 Å². The maximum atomic E-state index is 5.25. The van der Waals surface area contributed by atoms with E-state index in [9.17, 15) is 0 Å². The van der Waals surface area contributed by atoms with Crippen LogP contribution in [0.3, 0.4) is 0 Å². The second-order valence-electron chi connectivity index (χ2n) is 3.34. The molecule has 0 fully saturated rings. The van der Waals surface area contributed by atoms with Crippen molar-refractivity contribution in [2.24, 2.45) is 0 Å². The molecule has 0 radical (unpaired) electrons. The van der Waals surface area contributed by atoms with Crippen LogP contribution in [-0.4, -0.2) is 24.1 Å². The van der Waals surface area contributed by atoms with E-state index in [-0.39, 0.29) is 0 Å². The number of anilines is 2. The lowest BCUT2D eigenvalue weighted by Crippen LogP contribution is -2.09. The molecule has 0 aromatic carbocycles. The largest absolute Gasteiger partial charge is 0.384 e. The summed E-state index contributed by atoms with van der Waals surface area (Å²) in [6.45, 7) is 0. The van der Waals surface area contributed by atoms with Crippen LogP contribution < -0.4 is 10.6 Å². The molecule has 2 aromatic rings. The molecule has 0 saturated carbocycles. The minimum atomic E-state index is 0.572. The van der Waals surface area contributed by atoms with Gasteiger partial charge in [-0.25, -0.2) is 9.97 Å². The lowest BCUT2D eigenvalue weighted by atomic mass is 10.4. The Kier molecular flexibility index (Phi) is 4.79. The number of rotatable bonds is 1. The van der Waals surface area contributed by atoms with Gasteiger partial charge in [-0.05, 0) is 24.3 Å². The van der Waals surface area contributed by atoms with Gasteiger partial charge in [0.25, 0.3) is 0 Å². The molecule has 0 unspecified atom stereocenters. The highest BCUT2D eigenvalue weighted by atomic mass is 15.1. The van der Waals surface area contributed by atoms with Crippen LogP contribution in [0.1, 0.15) is 0 Å². The third-order valence-electron chi connectivity index (χ3n) is 1.80. The van der Waals surface area contributed by atoms with Crippen LogP contribution in [0.5, 0.6) is 0 Å². The summed E-state index contributed by atoms with van der Waals surface area (Å²) in [4.78, 5) is 9.83. The fourth-order valence-corrected chi connectivity index (χ4v) is 0.994. The molecule has 0 amide bonds. The molecule has 0 spiro atoms. The van der Waals surface area contributed by atoms with Gasteiger partial charge in [0.1, 0.15) is 11.6 Å². The summed E-state index contributed by atoms with van der Waals surface area (Å²) in [5.41, 5.74) is 5.25. The van der Waals surface area contributed by atoms with Crippen molar-refractivity contribution in [1.29, 1.82) is 0 Å². The maximum Gasteiger partial charge on any atom is 0.127 e. The summed E-state index contributed by atoms with van der Waals surface area (Å²) in [5.74, 6) is 1.57. The van der Waals surface area contributed by atoms with Crippen LogP contribution in [-0.2, 0) is 0 Å². The summed E-state index contributed by atoms with van der Waals surface area (Å²) < 4.78 is 0. The summed E-state index contributed by atoms with van der Waals surface area (Å²) in [6, 6.07) is 11.3. The molecule has 16 heavy (non-hydrogen) atoms. The average molecular weight is 216 g/mol. The number of aromatic nitrogens is 2. The summed E-state index contributed by atoms with van der Waals surface area (Å²) in [5, 5.41) is 0. The van der Waals surface area contributed by atoms with Gasteiger partial charge in [-0.3, -0.25) is 0 Å². The molecule has 2 N–H and O–H groups in total. The van der Waals surface area contributed by atoms with Gasteiger partial charge in [0, 0.05) is 26.5 Å². The van der Waals surface area contributed by atoms with Gasteiger partial charge in [0.05, 0.1) is 0 Å². The van der Waals surface area contributed by atoms with Crippen molar-refractivity contribution in [3.05, 3.63) is 48.8 Å². The number of hydrogen-bond donors (Lipinski definition) is 1. The molecule has 2 aromatic heterocycles. The lowest BCUT2D eigenvalue weighted by Gasteiger charge is -2.08. The number of nitrogen functional groups attached to an aromatic ring is 1. The smallest absolute Gasteiger partial charge is 0.127 e. The number of pyridine rings is 2. The van der Waals surface area contributed by atoms with E-state index in [1.165, 1.54) is 0 Å². The van der Waals surface area contributed by atoms with Crippen molar-refractivity contribution >= 4 is 11.6 Å². The molecule has 84 valence electrons. The van der Waals surface area contributed by atoms with Crippen molar-refractivity contribution in [2.45, 2.75) is 0 Å². The summed E-state index contributed by atoms with van der Waals surface area (Å²) in [7, 11) is 3.95. The van der Waals surface area contributed by atoms with E-state index >= 15 is 0 Å². The van der Waals surface area contributed by atoms with E-state index in [0.29, 0.717) is 5.82 Å². The molecule has 4 heteroatoms. The highest BCUT2D eigenvalue weighted by Crippen LogP contribution is 2.02. The van der Waals surface area contributed by atoms with Gasteiger partial charge >= 0.3 is 0 Å².